The van der Waals surface area contributed by atoms with E-state index < -0.39 is 11.2 Å². The second-order valence-electron chi connectivity index (χ2n) is 11.9. The van der Waals surface area contributed by atoms with Gasteiger partial charge in [0, 0.05) is 57.5 Å². The van der Waals surface area contributed by atoms with Gasteiger partial charge in [0.25, 0.3) is 0 Å². The molecule has 0 aromatic heterocycles. The highest BCUT2D eigenvalue weighted by Crippen LogP contribution is 2.81. The van der Waals surface area contributed by atoms with Crippen LogP contribution in [0.2, 0.25) is 0 Å². The summed E-state index contributed by atoms with van der Waals surface area (Å²) in [6, 6.07) is -0.00793. The van der Waals surface area contributed by atoms with E-state index in [1.165, 1.54) is 0 Å². The summed E-state index contributed by atoms with van der Waals surface area (Å²) in [7, 11) is 5.47. The minimum Gasteiger partial charge on any atom is -0.381 e. The Bertz CT molecular complexity index is 867. The van der Waals surface area contributed by atoms with Crippen LogP contribution in [0, 0.1) is 34.5 Å². The number of ether oxygens (including phenoxy) is 5. The van der Waals surface area contributed by atoms with Gasteiger partial charge in [-0.15, -0.1) is 0 Å². The van der Waals surface area contributed by atoms with E-state index in [2.05, 4.69) is 18.7 Å². The van der Waals surface area contributed by atoms with Crippen LogP contribution in [0.15, 0.2) is 0 Å². The third kappa shape index (κ3) is 1.75. The molecule has 178 valence electrons. The van der Waals surface area contributed by atoms with E-state index in [0.29, 0.717) is 18.3 Å². The monoisotopic (exact) mass is 447 g/mol. The number of hydrogen-bond acceptors (Lipinski definition) is 7. The highest BCUT2D eigenvalue weighted by Gasteiger charge is 2.93. The van der Waals surface area contributed by atoms with Crippen molar-refractivity contribution in [2.45, 2.75) is 75.1 Å². The number of carbonyl (C=O) groups is 1. The molecule has 12 atom stereocenters. The number of likely N-dealkylation sites (tertiary alicyclic amines) is 1. The van der Waals surface area contributed by atoms with E-state index in [1.54, 1.807) is 7.11 Å². The van der Waals surface area contributed by atoms with Crippen LogP contribution in [0.1, 0.15) is 39.5 Å². The van der Waals surface area contributed by atoms with Gasteiger partial charge in [-0.2, -0.15) is 0 Å². The van der Waals surface area contributed by atoms with E-state index in [1.807, 2.05) is 14.2 Å². The van der Waals surface area contributed by atoms with Crippen molar-refractivity contribution in [3.63, 3.8) is 0 Å². The molecule has 2 heterocycles. The number of piperidine rings is 1. The topological polar surface area (TPSA) is 66.5 Å². The van der Waals surface area contributed by atoms with E-state index in [-0.39, 0.29) is 59.6 Å². The molecule has 2 saturated heterocycles. The minimum absolute atomic E-state index is 0.00793. The largest absolute Gasteiger partial charge is 0.381 e. The van der Waals surface area contributed by atoms with Crippen LogP contribution < -0.4 is 0 Å². The van der Waals surface area contributed by atoms with Gasteiger partial charge in [0.2, 0.25) is 0 Å². The van der Waals surface area contributed by atoms with Gasteiger partial charge in [-0.1, -0.05) is 13.8 Å². The molecule has 5 saturated carbocycles. The number of carbonyl (C=O) groups excluding carboxylic acids is 1. The summed E-state index contributed by atoms with van der Waals surface area (Å²) in [5.41, 5.74) is -1.97. The predicted molar refractivity (Wildman–Crippen MR) is 114 cm³/mol. The van der Waals surface area contributed by atoms with Crippen molar-refractivity contribution in [1.82, 2.24) is 4.90 Å². The van der Waals surface area contributed by atoms with Gasteiger partial charge in [0.05, 0.1) is 24.4 Å². The lowest BCUT2D eigenvalue weighted by Gasteiger charge is -2.69. The zero-order valence-electron chi connectivity index (χ0n) is 20.0. The van der Waals surface area contributed by atoms with Gasteiger partial charge < -0.3 is 23.7 Å². The van der Waals surface area contributed by atoms with Crippen LogP contribution in [0.5, 0.6) is 0 Å². The summed E-state index contributed by atoms with van der Waals surface area (Å²) in [6.45, 7) is 6.62. The highest BCUT2D eigenvalue weighted by molar-refractivity contribution is 5.98. The van der Waals surface area contributed by atoms with Crippen LogP contribution >= 0.6 is 0 Å². The fourth-order valence-electron chi connectivity index (χ4n) is 11.1. The quantitative estimate of drug-likeness (QED) is 0.652. The van der Waals surface area contributed by atoms with Crippen molar-refractivity contribution in [1.29, 1.82) is 0 Å². The molecule has 2 aliphatic heterocycles. The number of fused-ring (bicyclic) bond motifs is 1. The molecule has 3 spiro atoms. The lowest BCUT2D eigenvalue weighted by atomic mass is 9.43. The highest BCUT2D eigenvalue weighted by atomic mass is 16.7. The first-order valence-corrected chi connectivity index (χ1v) is 12.6. The molecule has 32 heavy (non-hydrogen) atoms. The molecule has 0 amide bonds. The van der Waals surface area contributed by atoms with Crippen molar-refractivity contribution in [2.24, 2.45) is 34.5 Å². The zero-order valence-corrected chi connectivity index (χ0v) is 20.0. The van der Waals surface area contributed by atoms with Crippen molar-refractivity contribution in [2.75, 3.05) is 41.2 Å². The number of likely N-dealkylation sites (N-methyl/N-ethyl adjacent to an activating group) is 1. The standard InChI is InChI=1S/C25H37NO6/c1-6-26-11-22(2)8-7-16(29-4)24-14-9-13-15(28-3)10-23(17(14)18(13)30-5)25(21(24)26,32-12-31-23)20(27)19(22)24/h13-19,21H,6-12H2,1-5H3/t13-,14-,15+,16+,17-,18+,19-,21?,22+,23-,24+,25-/m1/s1. The molecular weight excluding hydrogens is 410 g/mol. The zero-order chi connectivity index (χ0) is 22.3. The molecule has 0 N–H and O–H groups in total. The number of ketones is 1. The average Bonchev–Trinajstić information content (AvgIpc) is 3.37. The molecule has 1 unspecified atom stereocenters. The molecule has 7 rings (SSSR count). The maximum absolute atomic E-state index is 14.8. The summed E-state index contributed by atoms with van der Waals surface area (Å²) in [4.78, 5) is 17.4. The second-order valence-corrected chi connectivity index (χ2v) is 11.9. The Morgan fingerprint density at radius 2 is 1.97 bits per heavy atom. The van der Waals surface area contributed by atoms with Crippen molar-refractivity contribution in [3.8, 4) is 0 Å². The summed E-state index contributed by atoms with van der Waals surface area (Å²) >= 11 is 0. The predicted octanol–water partition coefficient (Wildman–Crippen LogP) is 1.87. The number of methoxy groups -OCH3 is 3. The first-order chi connectivity index (χ1) is 15.4. The Morgan fingerprint density at radius 1 is 1.16 bits per heavy atom. The SMILES string of the molecule is CCN1C[C@]2(C)CC[C@H](OC)[C@@]34C1[C@]1(OCO[C@@]15C[C@H](OC)[C@H]1C[C@@H]3[C@@H]5[C@H]1OC)C(=O)[C@H]24. The fraction of sp³-hybridized carbons (Fsp3) is 0.960. The van der Waals surface area contributed by atoms with E-state index in [4.69, 9.17) is 23.7 Å². The van der Waals surface area contributed by atoms with Gasteiger partial charge in [-0.25, -0.2) is 0 Å². The van der Waals surface area contributed by atoms with E-state index in [0.717, 1.165) is 32.4 Å². The van der Waals surface area contributed by atoms with Crippen LogP contribution in [0.4, 0.5) is 0 Å². The lowest BCUT2D eigenvalue weighted by molar-refractivity contribution is -0.281. The van der Waals surface area contributed by atoms with Gasteiger partial charge in [0.15, 0.2) is 11.4 Å². The molecule has 0 aromatic rings. The molecule has 0 aromatic carbocycles. The van der Waals surface area contributed by atoms with Crippen LogP contribution in [0.3, 0.4) is 0 Å². The lowest BCUT2D eigenvalue weighted by Crippen LogP contribution is -2.80. The summed E-state index contributed by atoms with van der Waals surface area (Å²) in [6.07, 6.45) is 3.83. The van der Waals surface area contributed by atoms with Crippen LogP contribution in [0.25, 0.3) is 0 Å². The molecular formula is C25H37NO6. The Kier molecular flexibility index (Phi) is 4.00. The molecule has 7 bridgehead atoms. The van der Waals surface area contributed by atoms with Gasteiger partial charge in [-0.3, -0.25) is 9.69 Å². The first kappa shape index (κ1) is 20.8. The number of hydrogen-bond donors (Lipinski definition) is 0. The Morgan fingerprint density at radius 3 is 2.66 bits per heavy atom. The molecule has 7 nitrogen and oxygen atoms in total. The molecule has 7 heteroatoms. The van der Waals surface area contributed by atoms with E-state index >= 15 is 0 Å². The van der Waals surface area contributed by atoms with Crippen LogP contribution in [-0.4, -0.2) is 87.5 Å². The molecule has 7 fully saturated rings. The molecule has 7 aliphatic rings. The third-order valence-corrected chi connectivity index (χ3v) is 11.5. The number of rotatable bonds is 4. The maximum Gasteiger partial charge on any atom is 0.174 e. The maximum atomic E-state index is 14.8. The van der Waals surface area contributed by atoms with E-state index in [9.17, 15) is 4.79 Å². The molecule has 5 aliphatic carbocycles. The second kappa shape index (κ2) is 6.16. The average molecular weight is 448 g/mol. The smallest absolute Gasteiger partial charge is 0.174 e. The van der Waals surface area contributed by atoms with Crippen molar-refractivity contribution in [3.05, 3.63) is 0 Å². The molecule has 0 radical (unpaired) electrons. The number of Topliss-reactive ketones (excluding diaryl/α,β-unsaturated/α-hetero) is 1. The first-order valence-electron chi connectivity index (χ1n) is 12.6. The summed E-state index contributed by atoms with van der Waals surface area (Å²) in [5, 5.41) is 0. The normalized spacial score (nSPS) is 61.8. The van der Waals surface area contributed by atoms with Crippen molar-refractivity contribution < 1.29 is 28.5 Å². The van der Waals surface area contributed by atoms with Crippen LogP contribution in [-0.2, 0) is 28.5 Å². The summed E-state index contributed by atoms with van der Waals surface area (Å²) in [5.74, 6) is 0.990. The Hall–Kier alpha value is -0.570. The minimum atomic E-state index is -0.962. The van der Waals surface area contributed by atoms with Crippen molar-refractivity contribution >= 4 is 5.78 Å². The summed E-state index contributed by atoms with van der Waals surface area (Å²) < 4.78 is 32.0. The van der Waals surface area contributed by atoms with Gasteiger partial charge in [-0.05, 0) is 37.1 Å². The van der Waals surface area contributed by atoms with Gasteiger partial charge in [0.1, 0.15) is 12.4 Å². The number of nitrogens with zero attached hydrogens (tertiary/aromatic N) is 1. The van der Waals surface area contributed by atoms with Gasteiger partial charge >= 0.3 is 0 Å². The fourth-order valence-corrected chi connectivity index (χ4v) is 11.1. The Balaban J connectivity index is 1.57. The third-order valence-electron chi connectivity index (χ3n) is 11.5. The Labute approximate surface area is 190 Å².